The van der Waals surface area contributed by atoms with Crippen molar-refractivity contribution in [3.8, 4) is 5.75 Å². The molecule has 0 aliphatic rings. The van der Waals surface area contributed by atoms with Crippen molar-refractivity contribution in [1.82, 2.24) is 0 Å². The van der Waals surface area contributed by atoms with Crippen LogP contribution in [-0.2, 0) is 0 Å². The van der Waals surface area contributed by atoms with Crippen molar-refractivity contribution in [2.45, 2.75) is 25.9 Å². The number of rotatable bonds is 6. The van der Waals surface area contributed by atoms with Gasteiger partial charge in [0.2, 0.25) is 0 Å². The number of hydrogen-bond acceptors (Lipinski definition) is 3. The van der Waals surface area contributed by atoms with Crippen molar-refractivity contribution in [3.63, 3.8) is 0 Å². The lowest BCUT2D eigenvalue weighted by Gasteiger charge is -2.11. The molecule has 0 aliphatic carbocycles. The van der Waals surface area contributed by atoms with E-state index >= 15 is 0 Å². The fourth-order valence-corrected chi connectivity index (χ4v) is 1.29. The summed E-state index contributed by atoms with van der Waals surface area (Å²) in [5.74, 6) is 0.620. The zero-order valence-electron chi connectivity index (χ0n) is 8.85. The number of hydrogen-bond donors (Lipinski definition) is 1. The summed E-state index contributed by atoms with van der Waals surface area (Å²) in [6.07, 6.45) is 2.00. The fourth-order valence-electron chi connectivity index (χ4n) is 1.29. The third-order valence-corrected chi connectivity index (χ3v) is 2.06. The summed E-state index contributed by atoms with van der Waals surface area (Å²) in [4.78, 5) is 10.5. The summed E-state index contributed by atoms with van der Waals surface area (Å²) in [5.41, 5.74) is 0.581. The van der Waals surface area contributed by atoms with Crippen molar-refractivity contribution in [3.05, 3.63) is 29.8 Å². The molecule has 82 valence electrons. The van der Waals surface area contributed by atoms with Crippen LogP contribution in [0.25, 0.3) is 0 Å². The van der Waals surface area contributed by atoms with Crippen LogP contribution >= 0.6 is 0 Å². The van der Waals surface area contributed by atoms with E-state index in [0.29, 0.717) is 11.3 Å². The summed E-state index contributed by atoms with van der Waals surface area (Å²) >= 11 is 0. The van der Waals surface area contributed by atoms with Crippen LogP contribution in [0.4, 0.5) is 0 Å². The fraction of sp³-hybridized carbons (Fsp3) is 0.417. The highest BCUT2D eigenvalue weighted by atomic mass is 16.5. The average molecular weight is 208 g/mol. The third-order valence-electron chi connectivity index (χ3n) is 2.06. The van der Waals surface area contributed by atoms with Crippen LogP contribution in [0.1, 0.15) is 30.1 Å². The smallest absolute Gasteiger partial charge is 0.150 e. The molecule has 3 nitrogen and oxygen atoms in total. The molecule has 0 saturated carbocycles. The summed E-state index contributed by atoms with van der Waals surface area (Å²) < 4.78 is 5.35. The van der Waals surface area contributed by atoms with Crippen molar-refractivity contribution in [1.29, 1.82) is 0 Å². The number of aliphatic hydroxyl groups excluding tert-OH is 1. The van der Waals surface area contributed by atoms with Crippen LogP contribution in [-0.4, -0.2) is 24.1 Å². The lowest BCUT2D eigenvalue weighted by atomic mass is 10.2. The molecule has 0 radical (unpaired) electrons. The number of carbonyl (C=O) groups excluding carboxylic acids is 1. The summed E-state index contributed by atoms with van der Waals surface area (Å²) in [6.45, 7) is 2.28. The molecule has 0 amide bonds. The minimum Gasteiger partial charge on any atom is -0.491 e. The molecule has 0 saturated heterocycles. The maximum Gasteiger partial charge on any atom is 0.150 e. The lowest BCUT2D eigenvalue weighted by molar-refractivity contribution is 0.0992. The van der Waals surface area contributed by atoms with Gasteiger partial charge < -0.3 is 9.84 Å². The summed E-state index contributed by atoms with van der Waals surface area (Å²) in [7, 11) is 0. The van der Waals surface area contributed by atoms with Gasteiger partial charge in [-0.05, 0) is 18.6 Å². The molecule has 1 aromatic rings. The molecule has 15 heavy (non-hydrogen) atoms. The molecular weight excluding hydrogens is 192 g/mol. The summed E-state index contributed by atoms with van der Waals surface area (Å²) in [5, 5.41) is 9.44. The first-order chi connectivity index (χ1) is 7.26. The van der Waals surface area contributed by atoms with Gasteiger partial charge in [-0.3, -0.25) is 4.79 Å². The van der Waals surface area contributed by atoms with Gasteiger partial charge in [-0.15, -0.1) is 0 Å². The third kappa shape index (κ3) is 4.13. The minimum atomic E-state index is -0.435. The Hall–Kier alpha value is -1.35. The van der Waals surface area contributed by atoms with Gasteiger partial charge in [0.1, 0.15) is 18.6 Å². The molecule has 1 aromatic carbocycles. The first kappa shape index (κ1) is 11.7. The number of carbonyl (C=O) groups is 1. The van der Waals surface area contributed by atoms with Crippen molar-refractivity contribution in [2.75, 3.05) is 6.61 Å². The zero-order chi connectivity index (χ0) is 11.1. The Kier molecular flexibility index (Phi) is 4.84. The van der Waals surface area contributed by atoms with E-state index < -0.39 is 6.10 Å². The van der Waals surface area contributed by atoms with Gasteiger partial charge in [0.15, 0.2) is 0 Å². The van der Waals surface area contributed by atoms with E-state index in [9.17, 15) is 9.90 Å². The van der Waals surface area contributed by atoms with Gasteiger partial charge in [0, 0.05) is 5.56 Å². The lowest BCUT2D eigenvalue weighted by Crippen LogP contribution is -2.16. The predicted octanol–water partition coefficient (Wildman–Crippen LogP) is 2.04. The van der Waals surface area contributed by atoms with Crippen LogP contribution in [0, 0.1) is 0 Å². The second kappa shape index (κ2) is 6.19. The Bertz CT molecular complexity index is 309. The normalized spacial score (nSPS) is 12.1. The molecule has 1 N–H and O–H groups in total. The van der Waals surface area contributed by atoms with E-state index in [1.165, 1.54) is 0 Å². The molecule has 0 spiro atoms. The second-order valence-electron chi connectivity index (χ2n) is 3.44. The van der Waals surface area contributed by atoms with E-state index in [1.54, 1.807) is 24.3 Å². The Labute approximate surface area is 89.7 Å². The van der Waals surface area contributed by atoms with E-state index in [4.69, 9.17) is 4.74 Å². The van der Waals surface area contributed by atoms with Crippen LogP contribution in [0.5, 0.6) is 5.75 Å². The van der Waals surface area contributed by atoms with Crippen LogP contribution in [0.3, 0.4) is 0 Å². The number of ether oxygens (including phenoxy) is 1. The van der Waals surface area contributed by atoms with Crippen LogP contribution in [0.2, 0.25) is 0 Å². The Morgan fingerprint density at radius 2 is 2.33 bits per heavy atom. The monoisotopic (exact) mass is 208 g/mol. The van der Waals surface area contributed by atoms with Crippen molar-refractivity contribution >= 4 is 6.29 Å². The number of aliphatic hydroxyl groups is 1. The van der Waals surface area contributed by atoms with E-state index in [1.807, 2.05) is 6.92 Å². The number of aldehydes is 1. The van der Waals surface area contributed by atoms with E-state index in [0.717, 1.165) is 19.1 Å². The molecule has 0 fully saturated rings. The first-order valence-corrected chi connectivity index (χ1v) is 5.12. The largest absolute Gasteiger partial charge is 0.491 e. The Morgan fingerprint density at radius 1 is 1.53 bits per heavy atom. The molecular formula is C12H16O3. The minimum absolute atomic E-state index is 0.274. The second-order valence-corrected chi connectivity index (χ2v) is 3.44. The summed E-state index contributed by atoms with van der Waals surface area (Å²) in [6, 6.07) is 6.89. The van der Waals surface area contributed by atoms with E-state index in [2.05, 4.69) is 0 Å². The SMILES string of the molecule is CCCC(O)COc1cccc(C=O)c1. The molecule has 3 heteroatoms. The van der Waals surface area contributed by atoms with Crippen LogP contribution in [0.15, 0.2) is 24.3 Å². The Balaban J connectivity index is 2.46. The van der Waals surface area contributed by atoms with Gasteiger partial charge >= 0.3 is 0 Å². The molecule has 1 atom stereocenters. The van der Waals surface area contributed by atoms with Gasteiger partial charge in [0.25, 0.3) is 0 Å². The van der Waals surface area contributed by atoms with Gasteiger partial charge in [-0.2, -0.15) is 0 Å². The van der Waals surface area contributed by atoms with Gasteiger partial charge in [-0.25, -0.2) is 0 Å². The van der Waals surface area contributed by atoms with Crippen molar-refractivity contribution in [2.24, 2.45) is 0 Å². The quantitative estimate of drug-likeness (QED) is 0.728. The van der Waals surface area contributed by atoms with Crippen LogP contribution < -0.4 is 4.74 Å². The topological polar surface area (TPSA) is 46.5 Å². The standard InChI is InChI=1S/C12H16O3/c1-2-4-11(14)9-15-12-6-3-5-10(7-12)8-13/h3,5-8,11,14H,2,4,9H2,1H3. The molecule has 0 aromatic heterocycles. The highest BCUT2D eigenvalue weighted by molar-refractivity contribution is 5.75. The average Bonchev–Trinajstić information content (AvgIpc) is 2.27. The van der Waals surface area contributed by atoms with Gasteiger partial charge in [-0.1, -0.05) is 25.5 Å². The maximum absolute atomic E-state index is 10.5. The molecule has 1 unspecified atom stereocenters. The molecule has 0 heterocycles. The maximum atomic E-state index is 10.5. The zero-order valence-corrected chi connectivity index (χ0v) is 8.85. The number of benzene rings is 1. The predicted molar refractivity (Wildman–Crippen MR) is 58.2 cm³/mol. The highest BCUT2D eigenvalue weighted by Crippen LogP contribution is 2.12. The van der Waals surface area contributed by atoms with Gasteiger partial charge in [0.05, 0.1) is 6.10 Å². The first-order valence-electron chi connectivity index (χ1n) is 5.12. The molecule has 0 aliphatic heterocycles. The highest BCUT2D eigenvalue weighted by Gasteiger charge is 2.03. The molecule has 1 rings (SSSR count). The molecule has 0 bridgehead atoms. The van der Waals surface area contributed by atoms with Crippen molar-refractivity contribution < 1.29 is 14.6 Å². The Morgan fingerprint density at radius 3 is 3.00 bits per heavy atom. The van der Waals surface area contributed by atoms with E-state index in [-0.39, 0.29) is 6.61 Å².